The minimum absolute atomic E-state index is 0.0626. The lowest BCUT2D eigenvalue weighted by molar-refractivity contribution is -0.137. The van der Waals surface area contributed by atoms with Gasteiger partial charge in [0.1, 0.15) is 10.6 Å². The Morgan fingerprint density at radius 2 is 1.87 bits per heavy atom. The van der Waals surface area contributed by atoms with Crippen LogP contribution in [-0.2, 0) is 22.6 Å². The molecule has 1 amide bonds. The van der Waals surface area contributed by atoms with Gasteiger partial charge in [-0.2, -0.15) is 22.6 Å². The first-order valence-electron chi connectivity index (χ1n) is 9.24. The van der Waals surface area contributed by atoms with Crippen LogP contribution < -0.4 is 0 Å². The van der Waals surface area contributed by atoms with E-state index in [9.17, 15) is 26.4 Å². The van der Waals surface area contributed by atoms with Crippen molar-refractivity contribution in [3.05, 3.63) is 46.2 Å². The number of piperazine rings is 1. The van der Waals surface area contributed by atoms with Gasteiger partial charge in [-0.05, 0) is 30.7 Å². The van der Waals surface area contributed by atoms with Crippen LogP contribution in [0.5, 0.6) is 0 Å². The average Bonchev–Trinajstić information content (AvgIpc) is 3.16. The predicted molar refractivity (Wildman–Crippen MR) is 104 cm³/mol. The summed E-state index contributed by atoms with van der Waals surface area (Å²) in [7, 11) is -4.25. The van der Waals surface area contributed by atoms with Crippen molar-refractivity contribution in [2.45, 2.75) is 30.8 Å². The number of rotatable bonds is 5. The van der Waals surface area contributed by atoms with Crippen molar-refractivity contribution in [3.63, 3.8) is 0 Å². The van der Waals surface area contributed by atoms with Crippen molar-refractivity contribution in [3.8, 4) is 0 Å². The molecule has 164 valence electrons. The number of aromatic nitrogens is 2. The first-order chi connectivity index (χ1) is 14.0. The lowest BCUT2D eigenvalue weighted by atomic mass is 10.2. The average molecular weight is 465 g/mol. The van der Waals surface area contributed by atoms with Gasteiger partial charge in [0.2, 0.25) is 10.0 Å². The number of sulfonamides is 1. The molecule has 30 heavy (non-hydrogen) atoms. The van der Waals surface area contributed by atoms with Crippen LogP contribution in [0.3, 0.4) is 0 Å². The molecule has 1 saturated heterocycles. The number of benzene rings is 1. The highest BCUT2D eigenvalue weighted by molar-refractivity contribution is 7.89. The smallest absolute Gasteiger partial charge is 0.335 e. The second kappa shape index (κ2) is 8.56. The highest BCUT2D eigenvalue weighted by atomic mass is 35.5. The van der Waals surface area contributed by atoms with Crippen molar-refractivity contribution in [1.29, 1.82) is 0 Å². The Labute approximate surface area is 176 Å². The monoisotopic (exact) mass is 464 g/mol. The van der Waals surface area contributed by atoms with Gasteiger partial charge in [0.25, 0.3) is 5.91 Å². The highest BCUT2D eigenvalue weighted by Crippen LogP contribution is 2.34. The van der Waals surface area contributed by atoms with E-state index in [1.165, 1.54) is 4.90 Å². The van der Waals surface area contributed by atoms with Gasteiger partial charge in [-0.1, -0.05) is 24.9 Å². The number of hydrogen-bond acceptors (Lipinski definition) is 4. The van der Waals surface area contributed by atoms with E-state index in [2.05, 4.69) is 10.2 Å². The van der Waals surface area contributed by atoms with Gasteiger partial charge in [0, 0.05) is 31.9 Å². The molecular weight excluding hydrogens is 445 g/mol. The molecule has 12 heteroatoms. The van der Waals surface area contributed by atoms with E-state index in [0.717, 1.165) is 35.0 Å². The van der Waals surface area contributed by atoms with Gasteiger partial charge in [0.15, 0.2) is 0 Å². The number of carbonyl (C=O) groups excluding carboxylic acids is 1. The fraction of sp³-hybridized carbons (Fsp3) is 0.444. The van der Waals surface area contributed by atoms with E-state index in [1.807, 2.05) is 6.92 Å². The molecule has 0 bridgehead atoms. The van der Waals surface area contributed by atoms with E-state index in [0.29, 0.717) is 6.07 Å². The molecular formula is C18H20ClF3N4O3S. The van der Waals surface area contributed by atoms with Gasteiger partial charge < -0.3 is 4.90 Å². The Hall–Kier alpha value is -2.11. The Balaban J connectivity index is 1.73. The zero-order valence-corrected chi connectivity index (χ0v) is 17.6. The summed E-state index contributed by atoms with van der Waals surface area (Å²) in [5.41, 5.74) is -0.0161. The van der Waals surface area contributed by atoms with Crippen molar-refractivity contribution in [2.75, 3.05) is 26.2 Å². The standard InChI is InChI=1S/C18H20ClF3N4O3S/c1-2-3-13-11-15(24-23-13)17(27)25-6-8-26(9-7-25)30(28,29)16-10-12(18(20,21)22)4-5-14(16)19/h4-5,10-11H,2-3,6-9H2,1H3,(H,23,24). The Bertz CT molecular complexity index is 1030. The van der Waals surface area contributed by atoms with Crippen LogP contribution in [0.15, 0.2) is 29.2 Å². The maximum atomic E-state index is 13.0. The number of alkyl halides is 3. The molecule has 1 aliphatic heterocycles. The Kier molecular flexibility index (Phi) is 6.44. The number of aromatic amines is 1. The fourth-order valence-corrected chi connectivity index (χ4v) is 5.10. The molecule has 0 spiro atoms. The van der Waals surface area contributed by atoms with Crippen LogP contribution in [-0.4, -0.2) is 59.9 Å². The molecule has 0 aliphatic carbocycles. The predicted octanol–water partition coefficient (Wildman–Crippen LogP) is 3.18. The summed E-state index contributed by atoms with van der Waals surface area (Å²) < 4.78 is 65.7. The van der Waals surface area contributed by atoms with Crippen molar-refractivity contribution in [2.24, 2.45) is 0 Å². The van der Waals surface area contributed by atoms with Crippen LogP contribution in [0.2, 0.25) is 5.02 Å². The lowest BCUT2D eigenvalue weighted by Crippen LogP contribution is -2.50. The maximum absolute atomic E-state index is 13.0. The van der Waals surface area contributed by atoms with Crippen LogP contribution in [0.1, 0.15) is 35.1 Å². The summed E-state index contributed by atoms with van der Waals surface area (Å²) in [5.74, 6) is -0.331. The number of H-pyrrole nitrogens is 1. The van der Waals surface area contributed by atoms with Crippen LogP contribution in [0.4, 0.5) is 13.2 Å². The molecule has 0 atom stereocenters. The Morgan fingerprint density at radius 1 is 1.20 bits per heavy atom. The van der Waals surface area contributed by atoms with Crippen LogP contribution >= 0.6 is 11.6 Å². The van der Waals surface area contributed by atoms with Crippen LogP contribution in [0.25, 0.3) is 0 Å². The minimum Gasteiger partial charge on any atom is -0.335 e. The van der Waals surface area contributed by atoms with Gasteiger partial charge in [-0.25, -0.2) is 8.42 Å². The van der Waals surface area contributed by atoms with E-state index in [1.54, 1.807) is 6.07 Å². The second-order valence-corrected chi connectivity index (χ2v) is 9.18. The third-order valence-electron chi connectivity index (χ3n) is 4.77. The summed E-state index contributed by atoms with van der Waals surface area (Å²) in [4.78, 5) is 13.4. The number of amides is 1. The zero-order chi connectivity index (χ0) is 22.1. The maximum Gasteiger partial charge on any atom is 0.416 e. The molecule has 3 rings (SSSR count). The number of nitrogens with one attached hydrogen (secondary N) is 1. The van der Waals surface area contributed by atoms with E-state index < -0.39 is 26.7 Å². The quantitative estimate of drug-likeness (QED) is 0.736. The molecule has 1 aliphatic rings. The molecule has 1 aromatic carbocycles. The first kappa shape index (κ1) is 22.6. The van der Waals surface area contributed by atoms with E-state index in [4.69, 9.17) is 11.6 Å². The summed E-state index contributed by atoms with van der Waals surface area (Å²) in [5, 5.41) is 6.50. The summed E-state index contributed by atoms with van der Waals surface area (Å²) in [6.45, 7) is 2.05. The summed E-state index contributed by atoms with van der Waals surface area (Å²) >= 11 is 5.89. The molecule has 2 heterocycles. The number of nitrogens with zero attached hydrogens (tertiary/aromatic N) is 3. The summed E-state index contributed by atoms with van der Waals surface area (Å²) in [6, 6.07) is 3.85. The topological polar surface area (TPSA) is 86.4 Å². The largest absolute Gasteiger partial charge is 0.416 e. The minimum atomic E-state index is -4.69. The van der Waals surface area contributed by atoms with Gasteiger partial charge in [-0.3, -0.25) is 9.89 Å². The number of carbonyl (C=O) groups is 1. The third-order valence-corrected chi connectivity index (χ3v) is 7.15. The number of hydrogen-bond donors (Lipinski definition) is 1. The van der Waals surface area contributed by atoms with E-state index >= 15 is 0 Å². The molecule has 2 aromatic rings. The van der Waals surface area contributed by atoms with Gasteiger partial charge in [0.05, 0.1) is 10.6 Å². The second-order valence-electron chi connectivity index (χ2n) is 6.87. The molecule has 1 aromatic heterocycles. The van der Waals surface area contributed by atoms with Crippen molar-refractivity contribution < 1.29 is 26.4 Å². The molecule has 0 unspecified atom stereocenters. The SMILES string of the molecule is CCCc1cc(C(=O)N2CCN(S(=O)(=O)c3cc(C(F)(F)F)ccc3Cl)CC2)n[nH]1. The van der Waals surface area contributed by atoms with Gasteiger partial charge in [-0.15, -0.1) is 0 Å². The molecule has 7 nitrogen and oxygen atoms in total. The number of halogens is 4. The molecule has 1 fully saturated rings. The van der Waals surface area contributed by atoms with E-state index in [-0.39, 0.29) is 42.8 Å². The lowest BCUT2D eigenvalue weighted by Gasteiger charge is -2.33. The highest BCUT2D eigenvalue weighted by Gasteiger charge is 2.36. The Morgan fingerprint density at radius 3 is 2.47 bits per heavy atom. The fourth-order valence-electron chi connectivity index (χ4n) is 3.18. The number of aryl methyl sites for hydroxylation is 1. The van der Waals surface area contributed by atoms with Crippen LogP contribution in [0, 0.1) is 0 Å². The van der Waals surface area contributed by atoms with Crippen molar-refractivity contribution >= 4 is 27.5 Å². The molecule has 0 radical (unpaired) electrons. The third kappa shape index (κ3) is 4.62. The zero-order valence-electron chi connectivity index (χ0n) is 16.0. The molecule has 0 saturated carbocycles. The normalized spacial score (nSPS) is 16.1. The van der Waals surface area contributed by atoms with Gasteiger partial charge >= 0.3 is 6.18 Å². The summed E-state index contributed by atoms with van der Waals surface area (Å²) in [6.07, 6.45) is -3.05. The molecule has 1 N–H and O–H groups in total. The first-order valence-corrected chi connectivity index (χ1v) is 11.1. The van der Waals surface area contributed by atoms with Crippen molar-refractivity contribution in [1.82, 2.24) is 19.4 Å².